The highest BCUT2D eigenvalue weighted by atomic mass is 32.2. The molecule has 0 fully saturated rings. The summed E-state index contributed by atoms with van der Waals surface area (Å²) in [6.45, 7) is 1.63. The third-order valence-electron chi connectivity index (χ3n) is 2.64. The summed E-state index contributed by atoms with van der Waals surface area (Å²) in [5, 5.41) is 2.26. The number of anilines is 1. The number of alkyl halides is 2. The normalized spacial score (nSPS) is 11.6. The van der Waals surface area contributed by atoms with Crippen LogP contribution in [-0.4, -0.2) is 20.1 Å². The van der Waals surface area contributed by atoms with E-state index < -0.39 is 26.4 Å². The molecule has 0 aliphatic carbocycles. The average Bonchev–Trinajstić information content (AvgIpc) is 2.86. The van der Waals surface area contributed by atoms with Crippen LogP contribution in [0.3, 0.4) is 0 Å². The topological polar surface area (TPSA) is 76.4 Å². The molecule has 1 amide bonds. The van der Waals surface area contributed by atoms with Gasteiger partial charge in [0, 0.05) is 0 Å². The minimum atomic E-state index is -4.81. The predicted octanol–water partition coefficient (Wildman–Crippen LogP) is 2.84. The first-order chi connectivity index (χ1) is 9.82. The van der Waals surface area contributed by atoms with Crippen LogP contribution in [0.15, 0.2) is 45.7 Å². The molecule has 2 rings (SSSR count). The van der Waals surface area contributed by atoms with Crippen molar-refractivity contribution in [1.82, 2.24) is 0 Å². The van der Waals surface area contributed by atoms with Gasteiger partial charge in [0.1, 0.15) is 5.76 Å². The number of carbonyl (C=O) groups is 1. The van der Waals surface area contributed by atoms with Crippen LogP contribution >= 0.6 is 0 Å². The molecule has 0 bridgehead atoms. The third-order valence-corrected chi connectivity index (χ3v) is 4.08. The zero-order chi connectivity index (χ0) is 15.6. The highest BCUT2D eigenvalue weighted by molar-refractivity contribution is 7.91. The molecule has 1 aromatic heterocycles. The molecule has 0 unspecified atom stereocenters. The number of furan rings is 1. The highest BCUT2D eigenvalue weighted by Gasteiger charge is 2.29. The number of hydrogen-bond donors (Lipinski definition) is 1. The van der Waals surface area contributed by atoms with E-state index in [1.807, 2.05) is 0 Å². The van der Waals surface area contributed by atoms with Crippen molar-refractivity contribution in [2.75, 3.05) is 5.32 Å². The van der Waals surface area contributed by atoms with Crippen molar-refractivity contribution in [3.05, 3.63) is 47.9 Å². The van der Waals surface area contributed by atoms with Gasteiger partial charge in [0.2, 0.25) is 9.84 Å². The largest absolute Gasteiger partial charge is 0.456 e. The second-order valence-corrected chi connectivity index (χ2v) is 6.05. The number of para-hydroxylation sites is 1. The third kappa shape index (κ3) is 3.10. The minimum Gasteiger partial charge on any atom is -0.456 e. The number of amides is 1. The van der Waals surface area contributed by atoms with E-state index in [0.29, 0.717) is 5.76 Å². The Balaban J connectivity index is 2.36. The Morgan fingerprint density at radius 2 is 1.86 bits per heavy atom. The van der Waals surface area contributed by atoms with Gasteiger partial charge in [0.25, 0.3) is 5.91 Å². The first-order valence-corrected chi connectivity index (χ1v) is 7.36. The van der Waals surface area contributed by atoms with Crippen LogP contribution in [0, 0.1) is 6.92 Å². The van der Waals surface area contributed by atoms with Crippen molar-refractivity contribution < 1.29 is 26.4 Å². The number of carbonyl (C=O) groups excluding carboxylic acids is 1. The van der Waals surface area contributed by atoms with E-state index in [4.69, 9.17) is 4.42 Å². The molecule has 0 spiro atoms. The van der Waals surface area contributed by atoms with Crippen LogP contribution in [0.5, 0.6) is 0 Å². The summed E-state index contributed by atoms with van der Waals surface area (Å²) in [5.74, 6) is -3.84. The summed E-state index contributed by atoms with van der Waals surface area (Å²) in [6.07, 6.45) is 0. The van der Waals surface area contributed by atoms with E-state index in [-0.39, 0.29) is 11.4 Å². The van der Waals surface area contributed by atoms with Crippen molar-refractivity contribution in [3.8, 4) is 0 Å². The van der Waals surface area contributed by atoms with Crippen LogP contribution in [-0.2, 0) is 9.84 Å². The zero-order valence-corrected chi connectivity index (χ0v) is 11.7. The summed E-state index contributed by atoms with van der Waals surface area (Å²) in [7, 11) is -4.81. The lowest BCUT2D eigenvalue weighted by Gasteiger charge is -2.10. The zero-order valence-electron chi connectivity index (χ0n) is 10.8. The van der Waals surface area contributed by atoms with Gasteiger partial charge in [-0.2, -0.15) is 8.78 Å². The number of nitrogens with one attached hydrogen (secondary N) is 1. The number of rotatable bonds is 4. The number of benzene rings is 1. The molecule has 0 saturated heterocycles. The second kappa shape index (κ2) is 5.65. The van der Waals surface area contributed by atoms with Gasteiger partial charge in [-0.1, -0.05) is 12.1 Å². The van der Waals surface area contributed by atoms with Crippen LogP contribution in [0.25, 0.3) is 0 Å². The van der Waals surface area contributed by atoms with Crippen molar-refractivity contribution in [2.45, 2.75) is 17.6 Å². The summed E-state index contributed by atoms with van der Waals surface area (Å²) >= 11 is 0. The minimum absolute atomic E-state index is 0.0447. The number of hydrogen-bond acceptors (Lipinski definition) is 4. The van der Waals surface area contributed by atoms with Gasteiger partial charge in [-0.15, -0.1) is 0 Å². The Hall–Kier alpha value is -2.22. The van der Waals surface area contributed by atoms with Gasteiger partial charge in [0.15, 0.2) is 5.76 Å². The van der Waals surface area contributed by atoms with E-state index in [1.54, 1.807) is 13.0 Å². The molecule has 112 valence electrons. The fourth-order valence-electron chi connectivity index (χ4n) is 1.65. The molecule has 0 atom stereocenters. The molecule has 1 N–H and O–H groups in total. The lowest BCUT2D eigenvalue weighted by Crippen LogP contribution is -2.17. The highest BCUT2D eigenvalue weighted by Crippen LogP contribution is 2.26. The van der Waals surface area contributed by atoms with Gasteiger partial charge in [-0.05, 0) is 31.2 Å². The summed E-state index contributed by atoms with van der Waals surface area (Å²) in [4.78, 5) is 11.2. The molecular weight excluding hydrogens is 304 g/mol. The Labute approximate surface area is 119 Å². The van der Waals surface area contributed by atoms with E-state index in [1.165, 1.54) is 24.3 Å². The van der Waals surface area contributed by atoms with Crippen molar-refractivity contribution in [3.63, 3.8) is 0 Å². The molecule has 2 aromatic rings. The smallest absolute Gasteiger partial charge is 0.341 e. The van der Waals surface area contributed by atoms with Gasteiger partial charge in [-0.25, -0.2) is 8.42 Å². The van der Waals surface area contributed by atoms with Crippen LogP contribution < -0.4 is 5.32 Å². The predicted molar refractivity (Wildman–Crippen MR) is 71.0 cm³/mol. The molecule has 5 nitrogen and oxygen atoms in total. The van der Waals surface area contributed by atoms with Crippen LogP contribution in [0.4, 0.5) is 14.5 Å². The van der Waals surface area contributed by atoms with Crippen molar-refractivity contribution in [2.24, 2.45) is 0 Å². The Bertz CT molecular complexity index is 768. The summed E-state index contributed by atoms with van der Waals surface area (Å²) in [5.41, 5.74) is -0.225. The van der Waals surface area contributed by atoms with E-state index >= 15 is 0 Å². The van der Waals surface area contributed by atoms with Gasteiger partial charge < -0.3 is 9.73 Å². The molecule has 1 heterocycles. The first-order valence-electron chi connectivity index (χ1n) is 5.81. The first kappa shape index (κ1) is 15.2. The maximum atomic E-state index is 12.6. The lowest BCUT2D eigenvalue weighted by molar-refractivity contribution is 0.0995. The number of halogens is 2. The van der Waals surface area contributed by atoms with Gasteiger partial charge in [-0.3, -0.25) is 4.79 Å². The van der Waals surface area contributed by atoms with Crippen LogP contribution in [0.2, 0.25) is 0 Å². The fourth-order valence-corrected chi connectivity index (χ4v) is 2.54. The summed E-state index contributed by atoms with van der Waals surface area (Å²) < 4.78 is 53.4. The van der Waals surface area contributed by atoms with Crippen molar-refractivity contribution >= 4 is 21.4 Å². The molecule has 0 radical (unpaired) electrons. The molecular formula is C13H11F2NO4S. The molecule has 0 aliphatic rings. The number of sulfone groups is 1. The van der Waals surface area contributed by atoms with Crippen LogP contribution in [0.1, 0.15) is 16.3 Å². The van der Waals surface area contributed by atoms with E-state index in [2.05, 4.69) is 5.32 Å². The number of aryl methyl sites for hydroxylation is 1. The second-order valence-electron chi connectivity index (χ2n) is 4.17. The molecule has 8 heteroatoms. The maximum absolute atomic E-state index is 12.6. The quantitative estimate of drug-likeness (QED) is 0.941. The molecule has 0 saturated carbocycles. The van der Waals surface area contributed by atoms with Gasteiger partial charge in [0.05, 0.1) is 10.6 Å². The molecule has 1 aromatic carbocycles. The Morgan fingerprint density at radius 3 is 2.43 bits per heavy atom. The molecule has 0 aliphatic heterocycles. The van der Waals surface area contributed by atoms with Gasteiger partial charge >= 0.3 is 5.76 Å². The van der Waals surface area contributed by atoms with E-state index in [0.717, 1.165) is 6.07 Å². The lowest BCUT2D eigenvalue weighted by atomic mass is 10.3. The fraction of sp³-hybridized carbons (Fsp3) is 0.154. The van der Waals surface area contributed by atoms with E-state index in [9.17, 15) is 22.0 Å². The Kier molecular flexibility index (Phi) is 4.08. The average molecular weight is 315 g/mol. The maximum Gasteiger partial charge on any atom is 0.341 e. The monoisotopic (exact) mass is 315 g/mol. The molecule has 21 heavy (non-hydrogen) atoms. The SMILES string of the molecule is Cc1ccc(C(=O)Nc2ccccc2S(=O)(=O)C(F)F)o1. The summed E-state index contributed by atoms with van der Waals surface area (Å²) in [6, 6.07) is 7.90. The van der Waals surface area contributed by atoms with Crippen molar-refractivity contribution in [1.29, 1.82) is 0 Å². The standard InChI is InChI=1S/C13H11F2NO4S/c1-8-6-7-10(20-8)12(17)16-9-4-2-3-5-11(9)21(18,19)13(14)15/h2-7,13H,1H3,(H,16,17). The Morgan fingerprint density at radius 1 is 1.19 bits per heavy atom.